The van der Waals surface area contributed by atoms with Crippen molar-refractivity contribution in [3.8, 4) is 0 Å². The molecule has 1 saturated heterocycles. The Labute approximate surface area is 195 Å². The predicted molar refractivity (Wildman–Crippen MR) is 122 cm³/mol. The number of anilines is 1. The average Bonchev–Trinajstić information content (AvgIpc) is 2.82. The molecule has 1 fully saturated rings. The van der Waals surface area contributed by atoms with Gasteiger partial charge in [0, 0.05) is 29.1 Å². The Morgan fingerprint density at radius 3 is 2.42 bits per heavy atom. The summed E-state index contributed by atoms with van der Waals surface area (Å²) in [7, 11) is 0. The number of hydrogen-bond acceptors (Lipinski definition) is 4. The fraction of sp³-hybridized carbons (Fsp3) is 0.333. The minimum atomic E-state index is -1.19. The van der Waals surface area contributed by atoms with Crippen LogP contribution < -0.4 is 9.47 Å². The molecule has 2 aliphatic heterocycles. The van der Waals surface area contributed by atoms with Crippen molar-refractivity contribution in [2.75, 3.05) is 10.7 Å². The highest BCUT2D eigenvalue weighted by Crippen LogP contribution is 2.43. The number of nitrogens with zero attached hydrogens (tertiary/aromatic N) is 3. The topological polar surface area (TPSA) is 81.8 Å². The zero-order chi connectivity index (χ0) is 23.7. The van der Waals surface area contributed by atoms with Gasteiger partial charge in [0.05, 0.1) is 0 Å². The van der Waals surface area contributed by atoms with E-state index in [9.17, 15) is 23.9 Å². The van der Waals surface area contributed by atoms with Gasteiger partial charge < -0.3 is 5.11 Å². The minimum absolute atomic E-state index is 0.0563. The fourth-order valence-corrected chi connectivity index (χ4v) is 5.65. The smallest absolute Gasteiger partial charge is 0.352 e. The molecule has 0 radical (unpaired) electrons. The molecule has 33 heavy (non-hydrogen) atoms. The minimum Gasteiger partial charge on any atom is -0.477 e. The number of hydrogen-bond donors (Lipinski definition) is 1. The van der Waals surface area contributed by atoms with Crippen LogP contribution in [0, 0.1) is 5.82 Å². The van der Waals surface area contributed by atoms with E-state index in [1.165, 1.54) is 46.1 Å². The van der Waals surface area contributed by atoms with E-state index in [1.807, 2.05) is 26.0 Å². The quantitative estimate of drug-likeness (QED) is 0.364. The molecule has 0 bridgehead atoms. The van der Waals surface area contributed by atoms with Crippen LogP contribution in [0.5, 0.6) is 0 Å². The number of rotatable bonds is 8. The number of halogens is 1. The van der Waals surface area contributed by atoms with Gasteiger partial charge in [-0.05, 0) is 36.1 Å². The van der Waals surface area contributed by atoms with Crippen LogP contribution >= 0.6 is 11.8 Å². The van der Waals surface area contributed by atoms with Crippen LogP contribution in [0.4, 0.5) is 10.1 Å². The van der Waals surface area contributed by atoms with Gasteiger partial charge in [-0.1, -0.05) is 19.9 Å². The van der Waals surface area contributed by atoms with E-state index in [-0.39, 0.29) is 18.1 Å². The van der Waals surface area contributed by atoms with Crippen LogP contribution in [-0.2, 0) is 33.8 Å². The highest BCUT2D eigenvalue weighted by molar-refractivity contribution is 8.00. The Balaban J connectivity index is 1.64. The number of aliphatic carboxylic acids is 1. The number of aromatic nitrogens is 1. The maximum atomic E-state index is 13.2. The molecule has 2 amide bonds. The second-order valence-electron chi connectivity index (χ2n) is 8.03. The molecule has 1 aromatic carbocycles. The summed E-state index contributed by atoms with van der Waals surface area (Å²) in [6.45, 7) is 4.29. The van der Waals surface area contributed by atoms with Gasteiger partial charge in [-0.3, -0.25) is 19.4 Å². The maximum absolute atomic E-state index is 13.2. The first-order valence-electron chi connectivity index (χ1n) is 10.8. The van der Waals surface area contributed by atoms with Gasteiger partial charge in [0.15, 0.2) is 18.9 Å². The van der Waals surface area contributed by atoms with Crippen molar-refractivity contribution in [3.05, 3.63) is 70.9 Å². The molecule has 1 unspecified atom stereocenters. The summed E-state index contributed by atoms with van der Waals surface area (Å²) in [4.78, 5) is 40.1. The number of aryl methyl sites for hydroxylation is 2. The van der Waals surface area contributed by atoms with Crippen LogP contribution in [0.1, 0.15) is 25.0 Å². The summed E-state index contributed by atoms with van der Waals surface area (Å²) in [6, 6.07) is 7.71. The number of amides is 2. The number of fused-ring (bicyclic) bond motifs is 1. The van der Waals surface area contributed by atoms with Crippen LogP contribution in [0.2, 0.25) is 0 Å². The molecule has 1 N–H and O–H groups in total. The standard InChI is InChI=1S/C24H24FN3O4S/c1-3-15-9-16(4-2)11-19(10-15)27(14-29)21-22(30)28-20(24(31)32)17(13-33-23(21)28)12-26-7-5-18(25)6-8-26/h5-11,14,21,23H,3-4,12-13H2,1-2H3/p+1/t21?,23-/m1/s1. The van der Waals surface area contributed by atoms with Crippen molar-refractivity contribution >= 4 is 35.7 Å². The van der Waals surface area contributed by atoms with Crippen molar-refractivity contribution in [1.82, 2.24) is 4.90 Å². The molecule has 2 aliphatic rings. The lowest BCUT2D eigenvalue weighted by Crippen LogP contribution is -2.70. The summed E-state index contributed by atoms with van der Waals surface area (Å²) in [5.74, 6) is -1.61. The molecular formula is C24H25FN3O4S+. The van der Waals surface area contributed by atoms with Gasteiger partial charge in [0.25, 0.3) is 5.91 Å². The largest absolute Gasteiger partial charge is 0.477 e. The zero-order valence-corrected chi connectivity index (χ0v) is 19.2. The Morgan fingerprint density at radius 2 is 1.88 bits per heavy atom. The highest BCUT2D eigenvalue weighted by Gasteiger charge is 2.56. The SMILES string of the molecule is CCc1cc(CC)cc(N(C=O)C2C(=O)N3C(C(=O)O)=C(C[n+]4ccc(F)cc4)CS[C@H]23)c1. The molecule has 4 rings (SSSR count). The highest BCUT2D eigenvalue weighted by atomic mass is 32.2. The monoisotopic (exact) mass is 470 g/mol. The molecule has 1 aromatic heterocycles. The molecule has 0 saturated carbocycles. The van der Waals surface area contributed by atoms with Crippen LogP contribution in [0.3, 0.4) is 0 Å². The van der Waals surface area contributed by atoms with Crippen molar-refractivity contribution in [1.29, 1.82) is 0 Å². The first-order valence-corrected chi connectivity index (χ1v) is 11.8. The van der Waals surface area contributed by atoms with Gasteiger partial charge in [0.1, 0.15) is 22.9 Å². The van der Waals surface area contributed by atoms with E-state index in [2.05, 4.69) is 6.07 Å². The van der Waals surface area contributed by atoms with Gasteiger partial charge in [-0.15, -0.1) is 11.8 Å². The molecule has 7 nitrogen and oxygen atoms in total. The van der Waals surface area contributed by atoms with Crippen LogP contribution in [0.25, 0.3) is 0 Å². The Morgan fingerprint density at radius 1 is 1.24 bits per heavy atom. The molecular weight excluding hydrogens is 445 g/mol. The van der Waals surface area contributed by atoms with Crippen molar-refractivity contribution in [2.24, 2.45) is 0 Å². The normalized spacial score (nSPS) is 19.7. The maximum Gasteiger partial charge on any atom is 0.352 e. The number of carbonyl (C=O) groups excluding carboxylic acids is 2. The number of β-lactam (4-membered cyclic amide) rings is 1. The van der Waals surface area contributed by atoms with E-state index in [1.54, 1.807) is 4.57 Å². The third-order valence-corrected chi connectivity index (χ3v) is 7.34. The predicted octanol–water partition coefficient (Wildman–Crippen LogP) is 2.52. The molecule has 172 valence electrons. The fourth-order valence-electron chi connectivity index (χ4n) is 4.26. The average molecular weight is 471 g/mol. The number of benzene rings is 1. The summed E-state index contributed by atoms with van der Waals surface area (Å²) in [5, 5.41) is 9.41. The Kier molecular flexibility index (Phi) is 6.51. The lowest BCUT2D eigenvalue weighted by molar-refractivity contribution is -0.689. The van der Waals surface area contributed by atoms with E-state index in [0.717, 1.165) is 24.0 Å². The molecule has 2 atom stereocenters. The summed E-state index contributed by atoms with van der Waals surface area (Å²) in [5.41, 5.74) is 3.29. The van der Waals surface area contributed by atoms with Gasteiger partial charge in [0.2, 0.25) is 6.41 Å². The third kappa shape index (κ3) is 4.25. The first kappa shape index (κ1) is 23.0. The molecule has 9 heteroatoms. The molecule has 3 heterocycles. The van der Waals surface area contributed by atoms with Crippen molar-refractivity contribution in [3.63, 3.8) is 0 Å². The van der Waals surface area contributed by atoms with Gasteiger partial charge in [-0.25, -0.2) is 13.8 Å². The third-order valence-electron chi connectivity index (χ3n) is 6.01. The van der Waals surface area contributed by atoms with E-state index in [4.69, 9.17) is 0 Å². The van der Waals surface area contributed by atoms with Crippen molar-refractivity contribution in [2.45, 2.75) is 44.6 Å². The zero-order valence-electron chi connectivity index (χ0n) is 18.4. The van der Waals surface area contributed by atoms with E-state index < -0.39 is 23.3 Å². The van der Waals surface area contributed by atoms with Crippen LogP contribution in [-0.4, -0.2) is 45.5 Å². The number of carboxylic acid groups (broad SMARTS) is 1. The van der Waals surface area contributed by atoms with Gasteiger partial charge >= 0.3 is 5.97 Å². The second kappa shape index (κ2) is 9.35. The van der Waals surface area contributed by atoms with Gasteiger partial charge in [-0.2, -0.15) is 0 Å². The lowest BCUT2D eigenvalue weighted by atomic mass is 9.99. The first-order chi connectivity index (χ1) is 15.9. The number of carboxylic acids is 1. The van der Waals surface area contributed by atoms with Crippen LogP contribution in [0.15, 0.2) is 54.0 Å². The Hall–Kier alpha value is -3.20. The summed E-state index contributed by atoms with van der Waals surface area (Å²) >= 11 is 1.43. The number of carbonyl (C=O) groups is 3. The molecule has 0 aliphatic carbocycles. The second-order valence-corrected chi connectivity index (χ2v) is 9.13. The summed E-state index contributed by atoms with van der Waals surface area (Å²) in [6.07, 6.45) is 5.31. The molecule has 2 aromatic rings. The Bertz CT molecular complexity index is 1110. The number of thioether (sulfide) groups is 1. The van der Waals surface area contributed by atoms with Crippen molar-refractivity contribution < 1.29 is 28.4 Å². The number of pyridine rings is 1. The molecule has 0 spiro atoms. The van der Waals surface area contributed by atoms with E-state index >= 15 is 0 Å². The lowest BCUT2D eigenvalue weighted by Gasteiger charge is -2.51. The summed E-state index contributed by atoms with van der Waals surface area (Å²) < 4.78 is 14.9. The van der Waals surface area contributed by atoms with E-state index in [0.29, 0.717) is 23.4 Å².